The average molecular weight is 487 g/mol. The fourth-order valence-corrected chi connectivity index (χ4v) is 5.94. The van der Waals surface area contributed by atoms with E-state index in [-0.39, 0.29) is 36.1 Å². The van der Waals surface area contributed by atoms with E-state index in [0.717, 1.165) is 50.0 Å². The molecular formula is C25H31FN4O3S. The average Bonchev–Trinajstić information content (AvgIpc) is 3.53. The highest BCUT2D eigenvalue weighted by Gasteiger charge is 2.39. The quantitative estimate of drug-likeness (QED) is 0.558. The molecule has 2 amide bonds. The Morgan fingerprint density at radius 3 is 2.56 bits per heavy atom. The van der Waals surface area contributed by atoms with Crippen LogP contribution in [-0.4, -0.2) is 53.7 Å². The molecule has 4 rings (SSSR count). The molecule has 1 aliphatic heterocycles. The predicted octanol–water partition coefficient (Wildman–Crippen LogP) is 3.46. The fraction of sp³-hybridized carbons (Fsp3) is 0.520. The Balaban J connectivity index is 1.52. The molecule has 1 aromatic heterocycles. The summed E-state index contributed by atoms with van der Waals surface area (Å²) in [4.78, 5) is 45.3. The number of rotatable bonds is 8. The van der Waals surface area contributed by atoms with Crippen molar-refractivity contribution in [2.24, 2.45) is 5.92 Å². The van der Waals surface area contributed by atoms with Gasteiger partial charge >= 0.3 is 0 Å². The number of aromatic nitrogens is 1. The molecule has 2 atom stereocenters. The van der Waals surface area contributed by atoms with Crippen LogP contribution in [0, 0.1) is 11.7 Å². The van der Waals surface area contributed by atoms with Crippen molar-refractivity contribution in [2.75, 3.05) is 20.1 Å². The number of hydrogen-bond acceptors (Lipinski definition) is 6. The maximum Gasteiger partial charge on any atom is 0.246 e. The van der Waals surface area contributed by atoms with Gasteiger partial charge in [0.05, 0.1) is 12.6 Å². The van der Waals surface area contributed by atoms with Gasteiger partial charge in [-0.3, -0.25) is 14.4 Å². The molecule has 182 valence electrons. The molecule has 0 spiro atoms. The number of likely N-dealkylation sites (tertiary alicyclic amines) is 1. The second-order valence-electron chi connectivity index (χ2n) is 9.07. The van der Waals surface area contributed by atoms with E-state index in [0.29, 0.717) is 17.8 Å². The summed E-state index contributed by atoms with van der Waals surface area (Å²) < 4.78 is 13.2. The molecule has 2 fully saturated rings. The molecule has 0 radical (unpaired) electrons. The van der Waals surface area contributed by atoms with Crippen LogP contribution in [0.1, 0.15) is 72.0 Å². The van der Waals surface area contributed by atoms with Crippen LogP contribution in [0.5, 0.6) is 0 Å². The van der Waals surface area contributed by atoms with Gasteiger partial charge in [0.25, 0.3) is 0 Å². The molecule has 2 N–H and O–H groups in total. The minimum Gasteiger partial charge on any atom is -0.343 e. The normalized spacial score (nSPS) is 19.7. The largest absolute Gasteiger partial charge is 0.343 e. The summed E-state index contributed by atoms with van der Waals surface area (Å²) in [5.74, 6) is -0.762. The summed E-state index contributed by atoms with van der Waals surface area (Å²) in [6.07, 6.45) is 6.79. The smallest absolute Gasteiger partial charge is 0.246 e. The van der Waals surface area contributed by atoms with Crippen molar-refractivity contribution in [3.8, 4) is 0 Å². The van der Waals surface area contributed by atoms with Crippen LogP contribution in [-0.2, 0) is 9.59 Å². The summed E-state index contributed by atoms with van der Waals surface area (Å²) in [5.41, 5.74) is 0.680. The molecule has 0 unspecified atom stereocenters. The number of likely N-dealkylation sites (N-methyl/N-ethyl adjacent to an activating group) is 1. The number of thiazole rings is 1. The highest BCUT2D eigenvalue weighted by atomic mass is 32.1. The lowest BCUT2D eigenvalue weighted by Crippen LogP contribution is -2.53. The minimum atomic E-state index is -0.540. The van der Waals surface area contributed by atoms with Crippen LogP contribution >= 0.6 is 11.3 Å². The first-order chi connectivity index (χ1) is 16.5. The number of nitrogens with one attached hydrogen (secondary N) is 2. The SMILES string of the molecule is CNCC(=O)N[C@H](C(=O)N1CCC[C@H]1c1nc(C(=O)c2ccc(F)cc2)cs1)C1CCCCC1. The van der Waals surface area contributed by atoms with Crippen molar-refractivity contribution in [1.29, 1.82) is 0 Å². The third-order valence-corrected chi connectivity index (χ3v) is 7.67. The lowest BCUT2D eigenvalue weighted by molar-refractivity contribution is -0.139. The number of carbonyl (C=O) groups is 3. The fourth-order valence-electron chi connectivity index (χ4n) is 4.99. The van der Waals surface area contributed by atoms with E-state index in [2.05, 4.69) is 15.6 Å². The number of nitrogens with zero attached hydrogens (tertiary/aromatic N) is 2. The predicted molar refractivity (Wildman–Crippen MR) is 128 cm³/mol. The van der Waals surface area contributed by atoms with Gasteiger partial charge in [0.2, 0.25) is 17.6 Å². The molecule has 34 heavy (non-hydrogen) atoms. The summed E-state index contributed by atoms with van der Waals surface area (Å²) in [6, 6.07) is 4.66. The summed E-state index contributed by atoms with van der Waals surface area (Å²) in [5, 5.41) is 8.27. The molecule has 1 saturated carbocycles. The third kappa shape index (κ3) is 5.52. The topological polar surface area (TPSA) is 91.4 Å². The van der Waals surface area contributed by atoms with E-state index in [1.807, 2.05) is 4.90 Å². The van der Waals surface area contributed by atoms with Gasteiger partial charge < -0.3 is 15.5 Å². The Bertz CT molecular complexity index is 1020. The maximum absolute atomic E-state index is 13.7. The number of benzene rings is 1. The number of halogens is 1. The Morgan fingerprint density at radius 2 is 1.85 bits per heavy atom. The zero-order valence-corrected chi connectivity index (χ0v) is 20.2. The molecule has 1 aromatic carbocycles. The van der Waals surface area contributed by atoms with Crippen LogP contribution in [0.3, 0.4) is 0 Å². The highest BCUT2D eigenvalue weighted by molar-refractivity contribution is 7.10. The Morgan fingerprint density at radius 1 is 1.12 bits per heavy atom. The molecule has 9 heteroatoms. The van der Waals surface area contributed by atoms with E-state index >= 15 is 0 Å². The molecule has 2 aromatic rings. The van der Waals surface area contributed by atoms with Gasteiger partial charge in [-0.1, -0.05) is 19.3 Å². The first kappa shape index (κ1) is 24.5. The van der Waals surface area contributed by atoms with E-state index in [1.165, 1.54) is 35.6 Å². The highest BCUT2D eigenvalue weighted by Crippen LogP contribution is 2.36. The molecule has 1 saturated heterocycles. The number of ketones is 1. The number of carbonyl (C=O) groups excluding carboxylic acids is 3. The van der Waals surface area contributed by atoms with Crippen molar-refractivity contribution >= 4 is 28.9 Å². The van der Waals surface area contributed by atoms with Gasteiger partial charge in [-0.25, -0.2) is 9.37 Å². The Hall–Kier alpha value is -2.65. The summed E-state index contributed by atoms with van der Waals surface area (Å²) in [7, 11) is 1.71. The third-order valence-electron chi connectivity index (χ3n) is 6.72. The van der Waals surface area contributed by atoms with Crippen LogP contribution < -0.4 is 10.6 Å². The number of hydrogen-bond donors (Lipinski definition) is 2. The molecule has 7 nitrogen and oxygen atoms in total. The van der Waals surface area contributed by atoms with E-state index < -0.39 is 11.9 Å². The van der Waals surface area contributed by atoms with E-state index in [1.54, 1.807) is 12.4 Å². The van der Waals surface area contributed by atoms with Gasteiger partial charge in [0.1, 0.15) is 22.6 Å². The lowest BCUT2D eigenvalue weighted by atomic mass is 9.83. The van der Waals surface area contributed by atoms with Gasteiger partial charge in [0, 0.05) is 17.5 Å². The summed E-state index contributed by atoms with van der Waals surface area (Å²) >= 11 is 1.37. The van der Waals surface area contributed by atoms with Crippen molar-refractivity contribution in [3.63, 3.8) is 0 Å². The van der Waals surface area contributed by atoms with Crippen LogP contribution in [0.4, 0.5) is 4.39 Å². The van der Waals surface area contributed by atoms with E-state index in [4.69, 9.17) is 0 Å². The van der Waals surface area contributed by atoms with Crippen molar-refractivity contribution in [1.82, 2.24) is 20.5 Å². The zero-order chi connectivity index (χ0) is 24.1. The van der Waals surface area contributed by atoms with Crippen molar-refractivity contribution in [2.45, 2.75) is 57.0 Å². The minimum absolute atomic E-state index is 0.0551. The van der Waals surface area contributed by atoms with Gasteiger partial charge in [0.15, 0.2) is 0 Å². The molecule has 2 aliphatic rings. The van der Waals surface area contributed by atoms with Gasteiger partial charge in [-0.15, -0.1) is 11.3 Å². The molecule has 0 bridgehead atoms. The lowest BCUT2D eigenvalue weighted by Gasteiger charge is -2.34. The van der Waals surface area contributed by atoms with E-state index in [9.17, 15) is 18.8 Å². The first-order valence-electron chi connectivity index (χ1n) is 12.0. The number of amides is 2. The van der Waals surface area contributed by atoms with Gasteiger partial charge in [-0.2, -0.15) is 0 Å². The Labute approximate surface area is 203 Å². The molecular weight excluding hydrogens is 455 g/mol. The van der Waals surface area contributed by atoms with Crippen LogP contribution in [0.2, 0.25) is 0 Å². The second kappa shape index (κ2) is 11.2. The monoisotopic (exact) mass is 486 g/mol. The Kier molecular flexibility index (Phi) is 8.05. The maximum atomic E-state index is 13.7. The van der Waals surface area contributed by atoms with Crippen molar-refractivity contribution < 1.29 is 18.8 Å². The second-order valence-corrected chi connectivity index (χ2v) is 9.96. The standard InChI is InChI=1S/C25H31FN4O3S/c1-27-14-21(31)29-22(16-6-3-2-4-7-16)25(33)30-13-5-8-20(30)24-28-19(15-34-24)23(32)17-9-11-18(26)12-10-17/h9-12,15-16,20,22,27H,2-8,13-14H2,1H3,(H,29,31)/t20-,22-/m0/s1. The van der Waals surface area contributed by atoms with Crippen LogP contribution in [0.15, 0.2) is 29.6 Å². The van der Waals surface area contributed by atoms with Gasteiger partial charge in [-0.05, 0) is 62.9 Å². The molecule has 1 aliphatic carbocycles. The molecule has 2 heterocycles. The first-order valence-corrected chi connectivity index (χ1v) is 12.9. The summed E-state index contributed by atoms with van der Waals surface area (Å²) in [6.45, 7) is 0.775. The van der Waals surface area contributed by atoms with Crippen LogP contribution in [0.25, 0.3) is 0 Å². The zero-order valence-electron chi connectivity index (χ0n) is 19.4. The van der Waals surface area contributed by atoms with Crippen molar-refractivity contribution in [3.05, 3.63) is 51.7 Å².